The summed E-state index contributed by atoms with van der Waals surface area (Å²) in [5.41, 5.74) is 1.94. The van der Waals surface area contributed by atoms with Gasteiger partial charge in [0, 0.05) is 34.2 Å². The number of aromatic amines is 1. The van der Waals surface area contributed by atoms with Crippen LogP contribution in [0.3, 0.4) is 0 Å². The zero-order valence-electron chi connectivity index (χ0n) is 11.6. The number of H-pyrrole nitrogens is 1. The topological polar surface area (TPSA) is 76.0 Å². The van der Waals surface area contributed by atoms with Gasteiger partial charge in [0.1, 0.15) is 5.82 Å². The number of carbonyl (C=O) groups is 1. The molecule has 0 aliphatic rings. The third-order valence-electron chi connectivity index (χ3n) is 3.54. The average Bonchev–Trinajstić information content (AvgIpc) is 2.84. The fourth-order valence-electron chi connectivity index (χ4n) is 2.48. The number of carbonyl (C=O) groups excluding carboxylic acids is 1. The lowest BCUT2D eigenvalue weighted by Crippen LogP contribution is -1.93. The number of non-ortho nitro benzene ring substituents is 1. The van der Waals surface area contributed by atoms with Crippen LogP contribution in [0.2, 0.25) is 0 Å². The van der Waals surface area contributed by atoms with Crippen LogP contribution in [0.15, 0.2) is 36.4 Å². The van der Waals surface area contributed by atoms with E-state index in [0.29, 0.717) is 17.2 Å². The van der Waals surface area contributed by atoms with Gasteiger partial charge in [-0.1, -0.05) is 11.6 Å². The second-order valence-corrected chi connectivity index (χ2v) is 5.00. The molecule has 0 amide bonds. The number of hydrogen-bond acceptors (Lipinski definition) is 3. The predicted octanol–water partition coefficient (Wildman–Crippen LogP) is 4.00. The largest absolute Gasteiger partial charge is 0.354 e. The van der Waals surface area contributed by atoms with Crippen molar-refractivity contribution in [2.75, 3.05) is 0 Å². The van der Waals surface area contributed by atoms with Crippen LogP contribution in [0, 0.1) is 22.9 Å². The van der Waals surface area contributed by atoms with E-state index in [4.69, 9.17) is 0 Å². The molecule has 110 valence electrons. The maximum absolute atomic E-state index is 14.1. The number of aromatic nitrogens is 1. The molecule has 0 bridgehead atoms. The Kier molecular flexibility index (Phi) is 3.21. The second-order valence-electron chi connectivity index (χ2n) is 5.00. The summed E-state index contributed by atoms with van der Waals surface area (Å²) in [4.78, 5) is 24.7. The summed E-state index contributed by atoms with van der Waals surface area (Å²) in [5, 5.41) is 11.5. The van der Waals surface area contributed by atoms with Crippen LogP contribution >= 0.6 is 0 Å². The summed E-state index contributed by atoms with van der Waals surface area (Å²) in [6.07, 6.45) is 0.631. The van der Waals surface area contributed by atoms with Gasteiger partial charge in [0.15, 0.2) is 6.29 Å². The van der Waals surface area contributed by atoms with E-state index in [1.165, 1.54) is 0 Å². The number of nitro groups is 1. The zero-order chi connectivity index (χ0) is 15.9. The summed E-state index contributed by atoms with van der Waals surface area (Å²) in [7, 11) is 0. The quantitative estimate of drug-likeness (QED) is 0.451. The molecule has 0 saturated heterocycles. The normalized spacial score (nSPS) is 10.8. The van der Waals surface area contributed by atoms with Crippen molar-refractivity contribution in [1.82, 2.24) is 4.98 Å². The molecule has 1 heterocycles. The first kappa shape index (κ1) is 13.9. The number of nitrogens with one attached hydrogen (secondary N) is 1. The number of nitrogens with zero attached hydrogens (tertiary/aromatic N) is 1. The van der Waals surface area contributed by atoms with E-state index in [9.17, 15) is 19.3 Å². The molecule has 0 saturated carbocycles. The summed E-state index contributed by atoms with van der Waals surface area (Å²) in [5.74, 6) is -0.628. The molecule has 3 aromatic rings. The van der Waals surface area contributed by atoms with Gasteiger partial charge in [-0.25, -0.2) is 4.39 Å². The highest BCUT2D eigenvalue weighted by atomic mass is 19.1. The van der Waals surface area contributed by atoms with Crippen LogP contribution < -0.4 is 0 Å². The molecule has 1 N–H and O–H groups in total. The molecule has 0 spiro atoms. The predicted molar refractivity (Wildman–Crippen MR) is 80.5 cm³/mol. The van der Waals surface area contributed by atoms with Gasteiger partial charge in [0.05, 0.1) is 10.6 Å². The summed E-state index contributed by atoms with van der Waals surface area (Å²) in [6.45, 7) is 1.88. The summed E-state index contributed by atoms with van der Waals surface area (Å²) < 4.78 is 14.1. The average molecular weight is 298 g/mol. The maximum Gasteiger partial charge on any atom is 0.270 e. The highest BCUT2D eigenvalue weighted by molar-refractivity contribution is 6.04. The lowest BCUT2D eigenvalue weighted by Gasteiger charge is -2.02. The van der Waals surface area contributed by atoms with E-state index in [-0.39, 0.29) is 22.5 Å². The van der Waals surface area contributed by atoms with Gasteiger partial charge in [-0.3, -0.25) is 14.9 Å². The molecule has 0 aliphatic heterocycles. The molecule has 1 aromatic heterocycles. The minimum atomic E-state index is -0.628. The van der Waals surface area contributed by atoms with Crippen molar-refractivity contribution in [3.8, 4) is 11.3 Å². The molecular formula is C16H11FN2O3. The zero-order valence-corrected chi connectivity index (χ0v) is 11.6. The second kappa shape index (κ2) is 5.07. The Morgan fingerprint density at radius 3 is 2.68 bits per heavy atom. The van der Waals surface area contributed by atoms with Gasteiger partial charge in [0.25, 0.3) is 5.69 Å². The molecule has 0 aliphatic carbocycles. The monoisotopic (exact) mass is 298 g/mol. The molecule has 0 atom stereocenters. The lowest BCUT2D eigenvalue weighted by atomic mass is 10.0. The van der Waals surface area contributed by atoms with Crippen LogP contribution in [-0.2, 0) is 0 Å². The highest BCUT2D eigenvalue weighted by Crippen LogP contribution is 2.33. The van der Waals surface area contributed by atoms with Crippen molar-refractivity contribution < 1.29 is 14.1 Å². The number of rotatable bonds is 3. The first-order chi connectivity index (χ1) is 10.5. The standard InChI is InChI=1S/C16H11FN2O3/c1-9-2-5-15-11(6-9)13(8-20)16(18-15)12-7-10(19(21)22)3-4-14(12)17/h2-8,18H,1H3. The van der Waals surface area contributed by atoms with E-state index < -0.39 is 10.7 Å². The van der Waals surface area contributed by atoms with Gasteiger partial charge < -0.3 is 4.98 Å². The Labute approximate surface area is 124 Å². The number of halogens is 1. The molecule has 0 fully saturated rings. The Morgan fingerprint density at radius 2 is 2.00 bits per heavy atom. The van der Waals surface area contributed by atoms with E-state index in [1.807, 2.05) is 19.1 Å². The Bertz CT molecular complexity index is 915. The Balaban J connectivity index is 2.32. The number of benzene rings is 2. The van der Waals surface area contributed by atoms with E-state index >= 15 is 0 Å². The van der Waals surface area contributed by atoms with E-state index in [0.717, 1.165) is 23.8 Å². The number of aldehydes is 1. The SMILES string of the molecule is Cc1ccc2[nH]c(-c3cc([N+](=O)[O-])ccc3F)c(C=O)c2c1. The molecule has 0 unspecified atom stereocenters. The summed E-state index contributed by atoms with van der Waals surface area (Å²) in [6, 6.07) is 8.71. The van der Waals surface area contributed by atoms with Crippen LogP contribution in [0.5, 0.6) is 0 Å². The molecule has 22 heavy (non-hydrogen) atoms. The van der Waals surface area contributed by atoms with Crippen molar-refractivity contribution in [2.24, 2.45) is 0 Å². The van der Waals surface area contributed by atoms with Crippen LogP contribution in [0.4, 0.5) is 10.1 Å². The molecular weight excluding hydrogens is 287 g/mol. The third kappa shape index (κ3) is 2.14. The van der Waals surface area contributed by atoms with Gasteiger partial charge in [-0.2, -0.15) is 0 Å². The molecule has 6 heteroatoms. The van der Waals surface area contributed by atoms with Crippen molar-refractivity contribution in [3.63, 3.8) is 0 Å². The first-order valence-electron chi connectivity index (χ1n) is 6.53. The van der Waals surface area contributed by atoms with Gasteiger partial charge in [-0.05, 0) is 25.1 Å². The van der Waals surface area contributed by atoms with Crippen molar-refractivity contribution in [1.29, 1.82) is 0 Å². The van der Waals surface area contributed by atoms with Gasteiger partial charge >= 0.3 is 0 Å². The molecule has 2 aromatic carbocycles. The van der Waals surface area contributed by atoms with E-state index in [2.05, 4.69) is 4.98 Å². The number of aryl methyl sites for hydroxylation is 1. The number of fused-ring (bicyclic) bond motifs is 1. The van der Waals surface area contributed by atoms with Gasteiger partial charge in [0.2, 0.25) is 0 Å². The highest BCUT2D eigenvalue weighted by Gasteiger charge is 2.18. The van der Waals surface area contributed by atoms with Crippen molar-refractivity contribution in [3.05, 3.63) is 63.5 Å². The third-order valence-corrected chi connectivity index (χ3v) is 3.54. The minimum absolute atomic E-state index is 0.00477. The fourth-order valence-corrected chi connectivity index (χ4v) is 2.48. The van der Waals surface area contributed by atoms with Crippen LogP contribution in [0.25, 0.3) is 22.2 Å². The number of nitro benzene ring substituents is 1. The Morgan fingerprint density at radius 1 is 1.23 bits per heavy atom. The van der Waals surface area contributed by atoms with Crippen LogP contribution in [-0.4, -0.2) is 16.2 Å². The molecule has 0 radical (unpaired) electrons. The lowest BCUT2D eigenvalue weighted by molar-refractivity contribution is -0.384. The fraction of sp³-hybridized carbons (Fsp3) is 0.0625. The van der Waals surface area contributed by atoms with Crippen molar-refractivity contribution >= 4 is 22.9 Å². The van der Waals surface area contributed by atoms with Crippen molar-refractivity contribution in [2.45, 2.75) is 6.92 Å². The number of hydrogen-bond donors (Lipinski definition) is 1. The Hall–Kier alpha value is -3.02. The first-order valence-corrected chi connectivity index (χ1v) is 6.53. The minimum Gasteiger partial charge on any atom is -0.354 e. The van der Waals surface area contributed by atoms with Gasteiger partial charge in [-0.15, -0.1) is 0 Å². The maximum atomic E-state index is 14.1. The smallest absolute Gasteiger partial charge is 0.270 e. The molecule has 5 nitrogen and oxygen atoms in total. The van der Waals surface area contributed by atoms with Crippen LogP contribution in [0.1, 0.15) is 15.9 Å². The van der Waals surface area contributed by atoms with E-state index in [1.54, 1.807) is 6.07 Å². The summed E-state index contributed by atoms with van der Waals surface area (Å²) >= 11 is 0. The molecule has 3 rings (SSSR count).